The molecule has 1 aromatic heterocycles. The fourth-order valence-corrected chi connectivity index (χ4v) is 5.88. The maximum absolute atomic E-state index is 15.5. The molecule has 0 unspecified atom stereocenters. The smallest absolute Gasteiger partial charge is 0.411 e. The Bertz CT molecular complexity index is 1810. The van der Waals surface area contributed by atoms with E-state index >= 15 is 4.39 Å². The molecule has 11 heteroatoms. The molecule has 2 fully saturated rings. The largest absolute Gasteiger partial charge is 0.496 e. The van der Waals surface area contributed by atoms with Crippen LogP contribution in [0.3, 0.4) is 0 Å². The number of carboxylic acids is 1. The van der Waals surface area contributed by atoms with Crippen LogP contribution in [-0.4, -0.2) is 53.3 Å². The minimum absolute atomic E-state index is 0.00644. The minimum atomic E-state index is -1.09. The second-order valence-electron chi connectivity index (χ2n) is 11.2. The van der Waals surface area contributed by atoms with Gasteiger partial charge in [0.25, 0.3) is 0 Å². The summed E-state index contributed by atoms with van der Waals surface area (Å²) in [6.45, 7) is 5.10. The molecule has 2 aliphatic rings. The second-order valence-corrected chi connectivity index (χ2v) is 11.2. The number of aryl methyl sites for hydroxylation is 1. The summed E-state index contributed by atoms with van der Waals surface area (Å²) in [6, 6.07) is 13.5. The first-order valence-corrected chi connectivity index (χ1v) is 14.4. The second kappa shape index (κ2) is 11.8. The zero-order chi connectivity index (χ0) is 32.0. The number of anilines is 1. The zero-order valence-corrected chi connectivity index (χ0v) is 24.8. The number of methoxy groups -OCH3 is 1. The van der Waals surface area contributed by atoms with Gasteiger partial charge in [-0.2, -0.15) is 0 Å². The standard InChI is InChI=1S/C34H30F3N3O5/c1-18-11-20(33(41)42)5-6-24(18)26-15-27(30(44-3)16-28(26)37)25-7-8-31(39-9-4-10-39)38-29(25)17-40-19(2)32(45-34(40)43)21-12-22(35)14-23(36)13-21/h5-8,11-16,19,32H,4,9-10,17H2,1-3H3,(H,41,42)/t19-,32-/m0/s1. The van der Waals surface area contributed by atoms with Gasteiger partial charge < -0.3 is 19.5 Å². The molecule has 0 radical (unpaired) electrons. The molecule has 1 amide bonds. The Kier molecular flexibility index (Phi) is 7.86. The molecular formula is C34H30F3N3O5. The molecule has 3 aromatic carbocycles. The summed E-state index contributed by atoms with van der Waals surface area (Å²) in [4.78, 5) is 33.1. The summed E-state index contributed by atoms with van der Waals surface area (Å²) < 4.78 is 54.7. The van der Waals surface area contributed by atoms with E-state index < -0.39 is 41.7 Å². The summed E-state index contributed by atoms with van der Waals surface area (Å²) >= 11 is 0. The Hall–Kier alpha value is -5.06. The maximum atomic E-state index is 15.5. The van der Waals surface area contributed by atoms with Gasteiger partial charge in [0, 0.05) is 47.5 Å². The number of aromatic carboxylic acids is 1. The summed E-state index contributed by atoms with van der Waals surface area (Å²) in [6.07, 6.45) is -0.552. The zero-order valence-electron chi connectivity index (χ0n) is 24.8. The van der Waals surface area contributed by atoms with Gasteiger partial charge in [0.15, 0.2) is 0 Å². The molecule has 0 aliphatic carbocycles. The Morgan fingerprint density at radius 2 is 1.69 bits per heavy atom. The van der Waals surface area contributed by atoms with E-state index in [-0.39, 0.29) is 29.0 Å². The number of carbonyl (C=O) groups excluding carboxylic acids is 1. The maximum Gasteiger partial charge on any atom is 0.411 e. The highest BCUT2D eigenvalue weighted by Crippen LogP contribution is 2.41. The van der Waals surface area contributed by atoms with Crippen molar-refractivity contribution in [2.24, 2.45) is 0 Å². The third-order valence-electron chi connectivity index (χ3n) is 8.41. The van der Waals surface area contributed by atoms with Crippen LogP contribution >= 0.6 is 0 Å². The number of carboxylic acid groups (broad SMARTS) is 1. The lowest BCUT2D eigenvalue weighted by Gasteiger charge is -2.33. The number of hydrogen-bond donors (Lipinski definition) is 1. The first-order chi connectivity index (χ1) is 21.5. The molecule has 1 N–H and O–H groups in total. The predicted octanol–water partition coefficient (Wildman–Crippen LogP) is 7.14. The fourth-order valence-electron chi connectivity index (χ4n) is 5.88. The van der Waals surface area contributed by atoms with Crippen LogP contribution in [0.15, 0.2) is 60.7 Å². The molecule has 4 aromatic rings. The summed E-state index contributed by atoms with van der Waals surface area (Å²) in [5, 5.41) is 9.39. The first kappa shape index (κ1) is 30.0. The number of halogens is 3. The van der Waals surface area contributed by atoms with Crippen LogP contribution in [0, 0.1) is 24.4 Å². The van der Waals surface area contributed by atoms with Crippen molar-refractivity contribution in [3.8, 4) is 28.0 Å². The van der Waals surface area contributed by atoms with Crippen molar-refractivity contribution in [2.45, 2.75) is 39.0 Å². The molecule has 0 spiro atoms. The normalized spacial score (nSPS) is 17.7. The van der Waals surface area contributed by atoms with Crippen LogP contribution in [0.4, 0.5) is 23.8 Å². The van der Waals surface area contributed by atoms with Crippen molar-refractivity contribution < 1.29 is 37.3 Å². The molecule has 0 saturated carbocycles. The highest BCUT2D eigenvalue weighted by Gasteiger charge is 2.41. The molecule has 2 saturated heterocycles. The summed E-state index contributed by atoms with van der Waals surface area (Å²) in [5.41, 5.74) is 3.19. The van der Waals surface area contributed by atoms with Gasteiger partial charge in [0.2, 0.25) is 0 Å². The highest BCUT2D eigenvalue weighted by molar-refractivity contribution is 5.89. The van der Waals surface area contributed by atoms with E-state index in [0.717, 1.165) is 37.7 Å². The number of rotatable bonds is 8. The van der Waals surface area contributed by atoms with E-state index in [0.29, 0.717) is 33.8 Å². The van der Waals surface area contributed by atoms with Gasteiger partial charge >= 0.3 is 12.1 Å². The first-order valence-electron chi connectivity index (χ1n) is 14.4. The molecule has 45 heavy (non-hydrogen) atoms. The van der Waals surface area contributed by atoms with E-state index in [9.17, 15) is 23.5 Å². The van der Waals surface area contributed by atoms with E-state index in [1.54, 1.807) is 26.0 Å². The molecule has 0 bridgehead atoms. The van der Waals surface area contributed by atoms with Gasteiger partial charge in [0.05, 0.1) is 31.0 Å². The van der Waals surface area contributed by atoms with E-state index in [1.165, 1.54) is 30.2 Å². The molecule has 8 nitrogen and oxygen atoms in total. The number of amides is 1. The van der Waals surface area contributed by atoms with E-state index in [1.807, 2.05) is 12.1 Å². The third kappa shape index (κ3) is 5.65. The summed E-state index contributed by atoms with van der Waals surface area (Å²) in [7, 11) is 1.43. The Balaban J connectivity index is 1.43. The molecule has 3 heterocycles. The number of hydrogen-bond acceptors (Lipinski definition) is 6. The number of pyridine rings is 1. The van der Waals surface area contributed by atoms with Crippen molar-refractivity contribution in [1.29, 1.82) is 0 Å². The highest BCUT2D eigenvalue weighted by atomic mass is 19.1. The van der Waals surface area contributed by atoms with Crippen LogP contribution < -0.4 is 9.64 Å². The van der Waals surface area contributed by atoms with Gasteiger partial charge in [-0.25, -0.2) is 27.7 Å². The van der Waals surface area contributed by atoms with Crippen molar-refractivity contribution in [2.75, 3.05) is 25.1 Å². The molecule has 2 aliphatic heterocycles. The van der Waals surface area contributed by atoms with Crippen LogP contribution in [0.5, 0.6) is 5.75 Å². The quantitative estimate of drug-likeness (QED) is 0.225. The number of benzene rings is 3. The summed E-state index contributed by atoms with van der Waals surface area (Å²) in [5.74, 6) is -2.24. The van der Waals surface area contributed by atoms with E-state index in [4.69, 9.17) is 14.5 Å². The van der Waals surface area contributed by atoms with Crippen molar-refractivity contribution >= 4 is 17.9 Å². The van der Waals surface area contributed by atoms with Crippen LogP contribution in [0.1, 0.15) is 46.6 Å². The molecular weight excluding hydrogens is 587 g/mol. The van der Waals surface area contributed by atoms with Gasteiger partial charge in [-0.15, -0.1) is 0 Å². The van der Waals surface area contributed by atoms with Crippen LogP contribution in [-0.2, 0) is 11.3 Å². The number of cyclic esters (lactones) is 1. The topological polar surface area (TPSA) is 92.2 Å². The predicted molar refractivity (Wildman–Crippen MR) is 161 cm³/mol. The average molecular weight is 618 g/mol. The Morgan fingerprint density at radius 3 is 2.31 bits per heavy atom. The number of nitrogens with zero attached hydrogens (tertiary/aromatic N) is 3. The lowest BCUT2D eigenvalue weighted by Crippen LogP contribution is -2.38. The average Bonchev–Trinajstić information content (AvgIpc) is 3.24. The van der Waals surface area contributed by atoms with Crippen molar-refractivity contribution in [3.63, 3.8) is 0 Å². The van der Waals surface area contributed by atoms with Crippen molar-refractivity contribution in [3.05, 3.63) is 100 Å². The number of aromatic nitrogens is 1. The molecule has 232 valence electrons. The molecule has 2 atom stereocenters. The van der Waals surface area contributed by atoms with Gasteiger partial charge in [-0.3, -0.25) is 4.90 Å². The lowest BCUT2D eigenvalue weighted by molar-refractivity contribution is 0.0696. The molecule has 6 rings (SSSR count). The fraction of sp³-hybridized carbons (Fsp3) is 0.265. The van der Waals surface area contributed by atoms with E-state index in [2.05, 4.69) is 4.90 Å². The van der Waals surface area contributed by atoms with Gasteiger partial charge in [0.1, 0.15) is 35.1 Å². The number of ether oxygens (including phenoxy) is 2. The van der Waals surface area contributed by atoms with Crippen LogP contribution in [0.2, 0.25) is 0 Å². The van der Waals surface area contributed by atoms with Crippen molar-refractivity contribution in [1.82, 2.24) is 9.88 Å². The monoisotopic (exact) mass is 617 g/mol. The Morgan fingerprint density at radius 1 is 0.978 bits per heavy atom. The third-order valence-corrected chi connectivity index (χ3v) is 8.41. The van der Waals surface area contributed by atoms with Gasteiger partial charge in [-0.05, 0) is 73.9 Å². The Labute approximate surface area is 257 Å². The SMILES string of the molecule is COc1cc(F)c(-c2ccc(C(=O)O)cc2C)cc1-c1ccc(N2CCC2)nc1CN1C(=O)O[C@H](c2cc(F)cc(F)c2)[C@@H]1C. The number of carbonyl (C=O) groups is 2. The lowest BCUT2D eigenvalue weighted by atomic mass is 9.93. The minimum Gasteiger partial charge on any atom is -0.496 e. The van der Waals surface area contributed by atoms with Crippen LogP contribution in [0.25, 0.3) is 22.3 Å². The van der Waals surface area contributed by atoms with Gasteiger partial charge in [-0.1, -0.05) is 6.07 Å².